The van der Waals surface area contributed by atoms with E-state index in [0.29, 0.717) is 19.4 Å². The second-order valence-electron chi connectivity index (χ2n) is 5.29. The Balaban J connectivity index is 2.57. The van der Waals surface area contributed by atoms with E-state index >= 15 is 0 Å². The van der Waals surface area contributed by atoms with Crippen LogP contribution in [0, 0.1) is 11.8 Å². The maximum Gasteiger partial charge on any atom is 0.307 e. The number of hydrogen-bond donors (Lipinski definition) is 2. The van der Waals surface area contributed by atoms with Crippen LogP contribution in [0.2, 0.25) is 0 Å². The van der Waals surface area contributed by atoms with E-state index < -0.39 is 11.9 Å². The van der Waals surface area contributed by atoms with E-state index in [4.69, 9.17) is 5.11 Å². The van der Waals surface area contributed by atoms with E-state index in [1.807, 2.05) is 0 Å². The van der Waals surface area contributed by atoms with Gasteiger partial charge in [0.1, 0.15) is 0 Å². The zero-order valence-electron chi connectivity index (χ0n) is 12.1. The van der Waals surface area contributed by atoms with Gasteiger partial charge in [0.15, 0.2) is 0 Å². The Morgan fingerprint density at radius 2 is 1.84 bits per heavy atom. The highest BCUT2D eigenvalue weighted by molar-refractivity contribution is 8.00. The Kier molecular flexibility index (Phi) is 6.17. The highest BCUT2D eigenvalue weighted by Crippen LogP contribution is 2.33. The van der Waals surface area contributed by atoms with Crippen LogP contribution in [-0.4, -0.2) is 34.5 Å². The fourth-order valence-corrected chi connectivity index (χ4v) is 3.60. The van der Waals surface area contributed by atoms with Crippen molar-refractivity contribution in [2.24, 2.45) is 11.8 Å². The molecule has 0 aromatic rings. The summed E-state index contributed by atoms with van der Waals surface area (Å²) in [5, 5.41) is 12.1. The number of nitrogens with one attached hydrogen (secondary N) is 1. The fraction of sp³-hybridized carbons (Fsp3) is 0.857. The number of hydrogen-bond acceptors (Lipinski definition) is 3. The molecule has 1 aliphatic carbocycles. The molecule has 1 saturated carbocycles. The molecule has 1 fully saturated rings. The van der Waals surface area contributed by atoms with Gasteiger partial charge >= 0.3 is 5.97 Å². The standard InChI is InChI=1S/C14H25NO3S/c1-4-14(5-2,19-3)9-15-12(16)10-7-6-8-11(10)13(17)18/h10-11H,4-9H2,1-3H3,(H,15,16)(H,17,18). The third-order valence-electron chi connectivity index (χ3n) is 4.48. The molecule has 2 atom stereocenters. The summed E-state index contributed by atoms with van der Waals surface area (Å²) in [6, 6.07) is 0. The molecular weight excluding hydrogens is 262 g/mol. The van der Waals surface area contributed by atoms with Gasteiger partial charge in [-0.1, -0.05) is 20.3 Å². The monoisotopic (exact) mass is 287 g/mol. The fourth-order valence-electron chi connectivity index (χ4n) is 2.81. The molecule has 5 heteroatoms. The van der Waals surface area contributed by atoms with Gasteiger partial charge in [0.2, 0.25) is 5.91 Å². The van der Waals surface area contributed by atoms with Gasteiger partial charge in [0.25, 0.3) is 0 Å². The molecule has 0 heterocycles. The summed E-state index contributed by atoms with van der Waals surface area (Å²) in [6.45, 7) is 4.88. The van der Waals surface area contributed by atoms with Crippen molar-refractivity contribution in [2.75, 3.05) is 12.8 Å². The van der Waals surface area contributed by atoms with Gasteiger partial charge in [-0.25, -0.2) is 0 Å². The first-order valence-corrected chi connectivity index (χ1v) is 8.27. The number of carbonyl (C=O) groups is 2. The molecule has 0 aliphatic heterocycles. The summed E-state index contributed by atoms with van der Waals surface area (Å²) in [6.07, 6.45) is 6.23. The van der Waals surface area contributed by atoms with Gasteiger partial charge in [-0.15, -0.1) is 0 Å². The molecule has 1 aliphatic rings. The molecule has 0 bridgehead atoms. The van der Waals surface area contributed by atoms with Crippen molar-refractivity contribution in [1.82, 2.24) is 5.32 Å². The Morgan fingerprint density at radius 1 is 1.26 bits per heavy atom. The minimum atomic E-state index is -0.834. The average Bonchev–Trinajstić information content (AvgIpc) is 2.90. The lowest BCUT2D eigenvalue weighted by Gasteiger charge is -2.30. The van der Waals surface area contributed by atoms with Gasteiger partial charge in [-0.2, -0.15) is 11.8 Å². The summed E-state index contributed by atoms with van der Waals surface area (Å²) in [7, 11) is 0. The van der Waals surface area contributed by atoms with E-state index in [9.17, 15) is 9.59 Å². The first-order chi connectivity index (χ1) is 8.99. The van der Waals surface area contributed by atoms with E-state index in [1.54, 1.807) is 11.8 Å². The highest BCUT2D eigenvalue weighted by Gasteiger charge is 2.38. The van der Waals surface area contributed by atoms with Gasteiger partial charge < -0.3 is 10.4 Å². The Bertz CT molecular complexity index is 320. The summed E-state index contributed by atoms with van der Waals surface area (Å²) >= 11 is 1.78. The molecule has 110 valence electrons. The van der Waals surface area contributed by atoms with Crippen LogP contribution in [0.25, 0.3) is 0 Å². The van der Waals surface area contributed by atoms with Crippen LogP contribution in [0.3, 0.4) is 0 Å². The molecular formula is C14H25NO3S. The molecule has 0 aromatic carbocycles. The maximum absolute atomic E-state index is 12.2. The zero-order chi connectivity index (χ0) is 14.5. The van der Waals surface area contributed by atoms with Gasteiger partial charge in [0.05, 0.1) is 11.8 Å². The van der Waals surface area contributed by atoms with Crippen LogP contribution in [0.15, 0.2) is 0 Å². The summed E-state index contributed by atoms with van der Waals surface area (Å²) < 4.78 is 0.0764. The van der Waals surface area contributed by atoms with Crippen LogP contribution >= 0.6 is 11.8 Å². The molecule has 2 unspecified atom stereocenters. The third kappa shape index (κ3) is 3.88. The largest absolute Gasteiger partial charge is 0.481 e. The van der Waals surface area contributed by atoms with Crippen molar-refractivity contribution in [2.45, 2.75) is 50.7 Å². The zero-order valence-corrected chi connectivity index (χ0v) is 12.9. The molecule has 0 spiro atoms. The topological polar surface area (TPSA) is 66.4 Å². The normalized spacial score (nSPS) is 23.3. The van der Waals surface area contributed by atoms with Crippen LogP contribution in [0.1, 0.15) is 46.0 Å². The van der Waals surface area contributed by atoms with Crippen molar-refractivity contribution >= 4 is 23.6 Å². The second-order valence-corrected chi connectivity index (χ2v) is 6.57. The minimum Gasteiger partial charge on any atom is -0.481 e. The third-order valence-corrected chi connectivity index (χ3v) is 6.06. The van der Waals surface area contributed by atoms with Gasteiger partial charge in [-0.3, -0.25) is 9.59 Å². The number of amides is 1. The lowest BCUT2D eigenvalue weighted by molar-refractivity contribution is -0.146. The quantitative estimate of drug-likeness (QED) is 0.755. The first-order valence-electron chi connectivity index (χ1n) is 7.05. The lowest BCUT2D eigenvalue weighted by Crippen LogP contribution is -2.43. The highest BCUT2D eigenvalue weighted by atomic mass is 32.2. The van der Waals surface area contributed by atoms with E-state index in [1.165, 1.54) is 0 Å². The molecule has 0 radical (unpaired) electrons. The van der Waals surface area contributed by atoms with E-state index in [0.717, 1.165) is 19.3 Å². The summed E-state index contributed by atoms with van der Waals surface area (Å²) in [4.78, 5) is 23.3. The number of carboxylic acids is 1. The van der Waals surface area contributed by atoms with Gasteiger partial charge in [-0.05, 0) is 31.9 Å². The van der Waals surface area contributed by atoms with E-state index in [-0.39, 0.29) is 16.6 Å². The van der Waals surface area contributed by atoms with Crippen LogP contribution in [0.5, 0.6) is 0 Å². The number of carboxylic acid groups (broad SMARTS) is 1. The molecule has 19 heavy (non-hydrogen) atoms. The first kappa shape index (κ1) is 16.3. The number of aliphatic carboxylic acids is 1. The van der Waals surface area contributed by atoms with E-state index in [2.05, 4.69) is 25.4 Å². The SMILES string of the molecule is CCC(CC)(CNC(=O)C1CCCC1C(=O)O)SC. The van der Waals surface area contributed by atoms with Gasteiger partial charge in [0, 0.05) is 11.3 Å². The molecule has 4 nitrogen and oxygen atoms in total. The molecule has 0 aromatic heterocycles. The Morgan fingerprint density at radius 3 is 2.32 bits per heavy atom. The van der Waals surface area contributed by atoms with Crippen molar-refractivity contribution in [3.63, 3.8) is 0 Å². The Labute approximate surface area is 119 Å². The summed E-state index contributed by atoms with van der Waals surface area (Å²) in [5.41, 5.74) is 0. The lowest BCUT2D eigenvalue weighted by atomic mass is 9.94. The smallest absolute Gasteiger partial charge is 0.307 e. The Hall–Kier alpha value is -0.710. The number of thioether (sulfide) groups is 1. The minimum absolute atomic E-state index is 0.0764. The van der Waals surface area contributed by atoms with Crippen LogP contribution in [0.4, 0.5) is 0 Å². The molecule has 0 saturated heterocycles. The maximum atomic E-state index is 12.2. The second kappa shape index (κ2) is 7.17. The average molecular weight is 287 g/mol. The summed E-state index contributed by atoms with van der Waals surface area (Å²) in [5.74, 6) is -1.75. The van der Waals surface area contributed by atoms with Crippen molar-refractivity contribution in [3.8, 4) is 0 Å². The predicted octanol–water partition coefficient (Wildman–Crippen LogP) is 2.53. The van der Waals surface area contributed by atoms with Crippen LogP contribution in [-0.2, 0) is 9.59 Å². The molecule has 1 rings (SSSR count). The molecule has 1 amide bonds. The number of carbonyl (C=O) groups excluding carboxylic acids is 1. The van der Waals surface area contributed by atoms with Crippen molar-refractivity contribution in [3.05, 3.63) is 0 Å². The molecule has 2 N–H and O–H groups in total. The van der Waals surface area contributed by atoms with Crippen molar-refractivity contribution in [1.29, 1.82) is 0 Å². The predicted molar refractivity (Wildman–Crippen MR) is 78.3 cm³/mol. The number of rotatable bonds is 7. The van der Waals surface area contributed by atoms with Crippen molar-refractivity contribution < 1.29 is 14.7 Å². The van der Waals surface area contributed by atoms with Crippen LogP contribution < -0.4 is 5.32 Å².